The first-order valence-electron chi connectivity index (χ1n) is 8.92. The number of nitrogens with one attached hydrogen (secondary N) is 1. The van der Waals surface area contributed by atoms with E-state index >= 15 is 0 Å². The maximum atomic E-state index is 11.9. The van der Waals surface area contributed by atoms with Crippen molar-refractivity contribution >= 4 is 41.5 Å². The number of carbonyl (C=O) groups excluding carboxylic acids is 2. The monoisotopic (exact) mass is 425 g/mol. The molecule has 0 aliphatic heterocycles. The lowest BCUT2D eigenvalue weighted by Crippen LogP contribution is -2.01. The average molecular weight is 426 g/mol. The van der Waals surface area contributed by atoms with Gasteiger partial charge < -0.3 is 9.52 Å². The third kappa shape index (κ3) is 7.36. The fourth-order valence-electron chi connectivity index (χ4n) is 2.40. The van der Waals surface area contributed by atoms with E-state index < -0.39 is 0 Å². The minimum Gasteiger partial charge on any atom is -0.326 e. The quantitative estimate of drug-likeness (QED) is 0.312. The van der Waals surface area contributed by atoms with Crippen LogP contribution in [0.4, 0.5) is 5.69 Å². The molecule has 1 N–H and O–H groups in total. The minimum absolute atomic E-state index is 0.162. The summed E-state index contributed by atoms with van der Waals surface area (Å²) in [5.41, 5.74) is 3.69. The van der Waals surface area contributed by atoms with Gasteiger partial charge in [-0.3, -0.25) is 4.79 Å². The van der Waals surface area contributed by atoms with E-state index in [1.807, 2.05) is 61.7 Å². The van der Waals surface area contributed by atoms with Gasteiger partial charge in [-0.2, -0.15) is 11.8 Å². The van der Waals surface area contributed by atoms with Crippen LogP contribution in [0.1, 0.15) is 23.1 Å². The highest BCUT2D eigenvalue weighted by Crippen LogP contribution is 2.25. The molecule has 0 radical (unpaired) electrons. The maximum absolute atomic E-state index is 11.9. The molecule has 29 heavy (non-hydrogen) atoms. The standard InChI is InChI=1S/C20H19N3OS2.C2H4O/c1-14-21-11-10-19(22-14)16-4-3-5-17(12-16)23-26-18-8-6-15(7-9-18)20(24)13-25-2;1-2-3/h3-12,23H,13H2,1-2H3;2H,1H3. The first kappa shape index (κ1) is 22.6. The molecule has 7 heteroatoms. The van der Waals surface area contributed by atoms with Crippen molar-refractivity contribution in [3.8, 4) is 11.3 Å². The van der Waals surface area contributed by atoms with Crippen LogP contribution in [0.15, 0.2) is 65.7 Å². The first-order valence-corrected chi connectivity index (χ1v) is 11.1. The topological polar surface area (TPSA) is 72.0 Å². The Labute approximate surface area is 179 Å². The molecule has 2 aromatic carbocycles. The molecule has 0 saturated heterocycles. The van der Waals surface area contributed by atoms with Crippen LogP contribution < -0.4 is 4.72 Å². The SMILES string of the molecule is CC=O.CSCC(=O)c1ccc(SNc2cccc(-c3ccnc(C)n3)c2)cc1. The number of hydrogen-bond donors (Lipinski definition) is 1. The molecule has 0 unspecified atom stereocenters. The zero-order valence-electron chi connectivity index (χ0n) is 16.6. The molecule has 0 spiro atoms. The largest absolute Gasteiger partial charge is 0.326 e. The van der Waals surface area contributed by atoms with Crippen LogP contribution in [0.3, 0.4) is 0 Å². The molecule has 0 bridgehead atoms. The van der Waals surface area contributed by atoms with Crippen molar-refractivity contribution in [2.75, 3.05) is 16.7 Å². The van der Waals surface area contributed by atoms with Crippen LogP contribution in [0.25, 0.3) is 11.3 Å². The summed E-state index contributed by atoms with van der Waals surface area (Å²) in [6.45, 7) is 3.33. The van der Waals surface area contributed by atoms with Gasteiger partial charge in [0.2, 0.25) is 0 Å². The Morgan fingerprint density at radius 1 is 1.14 bits per heavy atom. The number of rotatable bonds is 7. The van der Waals surface area contributed by atoms with Crippen LogP contribution in [-0.4, -0.2) is 34.0 Å². The fourth-order valence-corrected chi connectivity index (χ4v) is 3.46. The van der Waals surface area contributed by atoms with Crippen molar-refractivity contribution < 1.29 is 9.59 Å². The Hall–Kier alpha value is -2.64. The van der Waals surface area contributed by atoms with Gasteiger partial charge >= 0.3 is 0 Å². The molecule has 3 rings (SSSR count). The van der Waals surface area contributed by atoms with E-state index in [-0.39, 0.29) is 5.78 Å². The summed E-state index contributed by atoms with van der Waals surface area (Å²) in [5.74, 6) is 1.43. The van der Waals surface area contributed by atoms with Gasteiger partial charge in [-0.25, -0.2) is 9.97 Å². The minimum atomic E-state index is 0.162. The Morgan fingerprint density at radius 2 is 1.86 bits per heavy atom. The predicted octanol–water partition coefficient (Wildman–Crippen LogP) is 5.32. The van der Waals surface area contributed by atoms with Gasteiger partial charge in [0.25, 0.3) is 0 Å². The molecule has 3 aromatic rings. The second-order valence-corrected chi connectivity index (χ2v) is 7.64. The fraction of sp³-hybridized carbons (Fsp3) is 0.182. The van der Waals surface area contributed by atoms with Crippen LogP contribution in [0.2, 0.25) is 0 Å². The normalized spacial score (nSPS) is 9.90. The second-order valence-electron chi connectivity index (χ2n) is 5.89. The summed E-state index contributed by atoms with van der Waals surface area (Å²) in [6, 6.07) is 17.7. The molecular formula is C22H23N3O2S2. The number of thioether (sulfide) groups is 1. The number of ketones is 1. The van der Waals surface area contributed by atoms with Crippen molar-refractivity contribution in [1.82, 2.24) is 9.97 Å². The lowest BCUT2D eigenvalue weighted by Gasteiger charge is -2.08. The summed E-state index contributed by atoms with van der Waals surface area (Å²) in [4.78, 5) is 30.3. The van der Waals surface area contributed by atoms with Gasteiger partial charge in [-0.15, -0.1) is 0 Å². The highest BCUT2D eigenvalue weighted by Gasteiger charge is 2.05. The molecule has 0 fully saturated rings. The number of benzene rings is 2. The Balaban J connectivity index is 0.000000941. The van der Waals surface area contributed by atoms with E-state index in [2.05, 4.69) is 20.8 Å². The van der Waals surface area contributed by atoms with Gasteiger partial charge in [0, 0.05) is 27.9 Å². The predicted molar refractivity (Wildman–Crippen MR) is 123 cm³/mol. The second kappa shape index (κ2) is 12.0. The van der Waals surface area contributed by atoms with Crippen molar-refractivity contribution in [3.05, 3.63) is 72.2 Å². The first-order chi connectivity index (χ1) is 14.1. The van der Waals surface area contributed by atoms with Gasteiger partial charge in [0.05, 0.1) is 11.4 Å². The molecule has 0 saturated carbocycles. The number of aromatic nitrogens is 2. The Morgan fingerprint density at radius 3 is 2.52 bits per heavy atom. The van der Waals surface area contributed by atoms with Gasteiger partial charge in [-0.05, 0) is 62.4 Å². The third-order valence-electron chi connectivity index (χ3n) is 3.67. The molecule has 1 aromatic heterocycles. The number of carbonyl (C=O) groups is 2. The molecule has 1 heterocycles. The summed E-state index contributed by atoms with van der Waals surface area (Å²) < 4.78 is 3.34. The summed E-state index contributed by atoms with van der Waals surface area (Å²) >= 11 is 3.06. The Bertz CT molecular complexity index is 947. The van der Waals surface area contributed by atoms with E-state index in [0.29, 0.717) is 5.75 Å². The van der Waals surface area contributed by atoms with Crippen LogP contribution in [-0.2, 0) is 4.79 Å². The lowest BCUT2D eigenvalue weighted by molar-refractivity contribution is -0.106. The van der Waals surface area contributed by atoms with Gasteiger partial charge in [0.15, 0.2) is 5.78 Å². The highest BCUT2D eigenvalue weighted by atomic mass is 32.2. The molecule has 0 aliphatic rings. The van der Waals surface area contributed by atoms with Gasteiger partial charge in [-0.1, -0.05) is 24.3 Å². The van der Waals surface area contributed by atoms with Crippen molar-refractivity contribution in [2.45, 2.75) is 18.7 Å². The molecule has 5 nitrogen and oxygen atoms in total. The highest BCUT2D eigenvalue weighted by molar-refractivity contribution is 8.00. The molecule has 150 valence electrons. The summed E-state index contributed by atoms with van der Waals surface area (Å²) in [7, 11) is 0. The van der Waals surface area contributed by atoms with Crippen molar-refractivity contribution in [1.29, 1.82) is 0 Å². The smallest absolute Gasteiger partial charge is 0.172 e. The maximum Gasteiger partial charge on any atom is 0.172 e. The van der Waals surface area contributed by atoms with E-state index in [1.165, 1.54) is 18.9 Å². The van der Waals surface area contributed by atoms with E-state index in [9.17, 15) is 4.79 Å². The van der Waals surface area contributed by atoms with Crippen LogP contribution in [0.5, 0.6) is 0 Å². The van der Waals surface area contributed by atoms with Gasteiger partial charge in [0.1, 0.15) is 12.1 Å². The lowest BCUT2D eigenvalue weighted by atomic mass is 10.1. The number of aldehydes is 1. The van der Waals surface area contributed by atoms with Crippen molar-refractivity contribution in [2.24, 2.45) is 0 Å². The van der Waals surface area contributed by atoms with Crippen LogP contribution >= 0.6 is 23.7 Å². The number of anilines is 1. The van der Waals surface area contributed by atoms with Crippen LogP contribution in [0, 0.1) is 6.92 Å². The molecule has 0 aliphatic carbocycles. The zero-order chi connectivity index (χ0) is 21.1. The average Bonchev–Trinajstić information content (AvgIpc) is 2.74. The summed E-state index contributed by atoms with van der Waals surface area (Å²) in [5, 5.41) is 0. The third-order valence-corrected chi connectivity index (χ3v) is 5.07. The zero-order valence-corrected chi connectivity index (χ0v) is 18.2. The molecule has 0 amide bonds. The van der Waals surface area contributed by atoms with E-state index in [0.717, 1.165) is 39.5 Å². The van der Waals surface area contributed by atoms with E-state index in [1.54, 1.807) is 18.0 Å². The summed E-state index contributed by atoms with van der Waals surface area (Å²) in [6.07, 6.45) is 4.45. The number of hydrogen-bond acceptors (Lipinski definition) is 7. The number of aryl methyl sites for hydroxylation is 1. The Kier molecular flexibility index (Phi) is 9.40. The number of Topliss-reactive ketones (excluding diaryl/α,β-unsaturated/α-hetero) is 1. The number of nitrogens with zero attached hydrogens (tertiary/aromatic N) is 2. The molecular weight excluding hydrogens is 402 g/mol. The molecule has 0 atom stereocenters. The van der Waals surface area contributed by atoms with Crippen molar-refractivity contribution in [3.63, 3.8) is 0 Å². The van der Waals surface area contributed by atoms with E-state index in [4.69, 9.17) is 4.79 Å².